The highest BCUT2D eigenvalue weighted by molar-refractivity contribution is 5.12. The highest BCUT2D eigenvalue weighted by Gasteiger charge is 2.34. The maximum atomic E-state index is 9.92. The van der Waals surface area contributed by atoms with Gasteiger partial charge in [0.1, 0.15) is 0 Å². The number of rotatable bonds is 0. The molecule has 0 fully saturated rings. The number of aliphatic hydroxyl groups excluding tert-OH is 1. The first-order chi connectivity index (χ1) is 5.82. The lowest BCUT2D eigenvalue weighted by molar-refractivity contribution is 0.0531. The third-order valence-electron chi connectivity index (χ3n) is 3.34. The van der Waals surface area contributed by atoms with Gasteiger partial charge in [-0.1, -0.05) is 39.3 Å². The van der Waals surface area contributed by atoms with Gasteiger partial charge in [-0.25, -0.2) is 0 Å². The van der Waals surface area contributed by atoms with Crippen molar-refractivity contribution in [1.29, 1.82) is 0 Å². The summed E-state index contributed by atoms with van der Waals surface area (Å²) in [6.45, 7) is 11.0. The molecule has 1 aliphatic rings. The Bertz CT molecular complexity index is 210. The average molecular weight is 182 g/mol. The number of aliphatic hydroxyl groups is 1. The smallest absolute Gasteiger partial charge is 0.0756 e. The number of allylic oxidation sites excluding steroid dienone is 1. The first-order valence-electron chi connectivity index (χ1n) is 5.18. The van der Waals surface area contributed by atoms with Crippen LogP contribution in [0.25, 0.3) is 0 Å². The van der Waals surface area contributed by atoms with Crippen molar-refractivity contribution in [2.24, 2.45) is 17.3 Å². The Kier molecular flexibility index (Phi) is 2.86. The molecule has 1 aliphatic carbocycles. The zero-order valence-corrected chi connectivity index (χ0v) is 9.46. The minimum atomic E-state index is -0.240. The van der Waals surface area contributed by atoms with E-state index in [1.54, 1.807) is 0 Å². The van der Waals surface area contributed by atoms with E-state index in [1.807, 2.05) is 6.08 Å². The van der Waals surface area contributed by atoms with Crippen molar-refractivity contribution in [2.75, 3.05) is 0 Å². The van der Waals surface area contributed by atoms with Crippen LogP contribution in [0.4, 0.5) is 0 Å². The van der Waals surface area contributed by atoms with E-state index in [0.717, 1.165) is 6.42 Å². The van der Waals surface area contributed by atoms with E-state index in [1.165, 1.54) is 5.57 Å². The predicted molar refractivity (Wildman–Crippen MR) is 56.5 cm³/mol. The molecule has 0 bridgehead atoms. The molecular weight excluding hydrogens is 160 g/mol. The molecule has 3 unspecified atom stereocenters. The summed E-state index contributed by atoms with van der Waals surface area (Å²) in [7, 11) is 0. The Morgan fingerprint density at radius 2 is 1.92 bits per heavy atom. The molecule has 0 amide bonds. The molecule has 3 atom stereocenters. The third kappa shape index (κ3) is 2.34. The molecule has 76 valence electrons. The fourth-order valence-electron chi connectivity index (χ4n) is 2.12. The highest BCUT2D eigenvalue weighted by atomic mass is 16.3. The molecule has 1 heteroatoms. The first-order valence-corrected chi connectivity index (χ1v) is 5.18. The number of hydrogen-bond acceptors (Lipinski definition) is 1. The van der Waals surface area contributed by atoms with Gasteiger partial charge >= 0.3 is 0 Å². The van der Waals surface area contributed by atoms with Crippen LogP contribution in [0.5, 0.6) is 0 Å². The van der Waals surface area contributed by atoms with Crippen molar-refractivity contribution in [3.8, 4) is 0 Å². The lowest BCUT2D eigenvalue weighted by atomic mass is 9.69. The summed E-state index contributed by atoms with van der Waals surface area (Å²) < 4.78 is 0. The summed E-state index contributed by atoms with van der Waals surface area (Å²) >= 11 is 0. The Labute approximate surface area is 81.9 Å². The van der Waals surface area contributed by atoms with Gasteiger partial charge in [0.25, 0.3) is 0 Å². The van der Waals surface area contributed by atoms with Crippen LogP contribution in [0.3, 0.4) is 0 Å². The maximum Gasteiger partial charge on any atom is 0.0756 e. The van der Waals surface area contributed by atoms with Gasteiger partial charge in [-0.3, -0.25) is 0 Å². The average Bonchev–Trinajstić information content (AvgIpc) is 1.94. The molecule has 1 nitrogen and oxygen atoms in total. The molecule has 1 rings (SSSR count). The summed E-state index contributed by atoms with van der Waals surface area (Å²) in [5.41, 5.74) is 1.55. The molecule has 0 saturated carbocycles. The summed E-state index contributed by atoms with van der Waals surface area (Å²) in [6, 6.07) is 0. The van der Waals surface area contributed by atoms with Crippen LogP contribution < -0.4 is 0 Å². The second-order valence-corrected chi connectivity index (χ2v) is 5.51. The molecular formula is C12H22O. The van der Waals surface area contributed by atoms with E-state index >= 15 is 0 Å². The van der Waals surface area contributed by atoms with Gasteiger partial charge in [0.15, 0.2) is 0 Å². The second-order valence-electron chi connectivity index (χ2n) is 5.51. The van der Waals surface area contributed by atoms with Crippen molar-refractivity contribution in [2.45, 2.75) is 47.1 Å². The van der Waals surface area contributed by atoms with Crippen LogP contribution >= 0.6 is 0 Å². The molecule has 0 heterocycles. The van der Waals surface area contributed by atoms with Gasteiger partial charge < -0.3 is 5.11 Å². The third-order valence-corrected chi connectivity index (χ3v) is 3.34. The predicted octanol–water partition coefficient (Wildman–Crippen LogP) is 3.00. The van der Waals surface area contributed by atoms with Crippen LogP contribution in [0.1, 0.15) is 41.0 Å². The van der Waals surface area contributed by atoms with Gasteiger partial charge in [0, 0.05) is 0 Å². The Hall–Kier alpha value is -0.300. The fraction of sp³-hybridized carbons (Fsp3) is 0.833. The zero-order valence-electron chi connectivity index (χ0n) is 9.46. The van der Waals surface area contributed by atoms with E-state index in [2.05, 4.69) is 34.6 Å². The second kappa shape index (κ2) is 3.45. The van der Waals surface area contributed by atoms with Gasteiger partial charge in [-0.15, -0.1) is 0 Å². The molecule has 1 N–H and O–H groups in total. The van der Waals surface area contributed by atoms with E-state index < -0.39 is 0 Å². The standard InChI is InChI=1S/C12H22O/c1-8-6-10(12(3,4)5)11(13)7-9(8)2/h7-8,10-11,13H,6H2,1-5H3. The molecule has 0 aromatic rings. The SMILES string of the molecule is CC1=CC(O)C(C(C)(C)C)CC1C. The quantitative estimate of drug-likeness (QED) is 0.571. The molecule has 0 saturated heterocycles. The molecule has 0 aliphatic heterocycles. The zero-order chi connectivity index (χ0) is 10.2. The Balaban J connectivity index is 2.82. The van der Waals surface area contributed by atoms with E-state index in [0.29, 0.717) is 11.8 Å². The Morgan fingerprint density at radius 1 is 1.38 bits per heavy atom. The van der Waals surface area contributed by atoms with Crippen LogP contribution in [-0.4, -0.2) is 11.2 Å². The van der Waals surface area contributed by atoms with Crippen LogP contribution in [0.15, 0.2) is 11.6 Å². The number of hydrogen-bond donors (Lipinski definition) is 1. The summed E-state index contributed by atoms with van der Waals surface area (Å²) in [4.78, 5) is 0. The van der Waals surface area contributed by atoms with Crippen molar-refractivity contribution < 1.29 is 5.11 Å². The topological polar surface area (TPSA) is 20.2 Å². The molecule has 0 aromatic heterocycles. The fourth-order valence-corrected chi connectivity index (χ4v) is 2.12. The van der Waals surface area contributed by atoms with Gasteiger partial charge in [-0.2, -0.15) is 0 Å². The maximum absolute atomic E-state index is 9.92. The minimum absolute atomic E-state index is 0.213. The van der Waals surface area contributed by atoms with Gasteiger partial charge in [0.2, 0.25) is 0 Å². The van der Waals surface area contributed by atoms with Crippen molar-refractivity contribution in [3.63, 3.8) is 0 Å². The summed E-state index contributed by atoms with van der Waals surface area (Å²) in [5.74, 6) is 1.04. The minimum Gasteiger partial charge on any atom is -0.389 e. The summed E-state index contributed by atoms with van der Waals surface area (Å²) in [6.07, 6.45) is 2.91. The van der Waals surface area contributed by atoms with Gasteiger partial charge in [0.05, 0.1) is 6.10 Å². The van der Waals surface area contributed by atoms with Crippen LogP contribution in [-0.2, 0) is 0 Å². The highest BCUT2D eigenvalue weighted by Crippen LogP contribution is 2.39. The summed E-state index contributed by atoms with van der Waals surface area (Å²) in [5, 5.41) is 9.92. The molecule has 13 heavy (non-hydrogen) atoms. The molecule has 0 aromatic carbocycles. The van der Waals surface area contributed by atoms with Crippen LogP contribution in [0, 0.1) is 17.3 Å². The van der Waals surface area contributed by atoms with Crippen molar-refractivity contribution in [3.05, 3.63) is 11.6 Å². The van der Waals surface area contributed by atoms with E-state index in [4.69, 9.17) is 0 Å². The Morgan fingerprint density at radius 3 is 2.38 bits per heavy atom. The van der Waals surface area contributed by atoms with Gasteiger partial charge in [-0.05, 0) is 30.6 Å². The largest absolute Gasteiger partial charge is 0.389 e. The first kappa shape index (κ1) is 10.8. The molecule has 0 spiro atoms. The van der Waals surface area contributed by atoms with Crippen molar-refractivity contribution in [1.82, 2.24) is 0 Å². The van der Waals surface area contributed by atoms with E-state index in [-0.39, 0.29) is 11.5 Å². The van der Waals surface area contributed by atoms with E-state index in [9.17, 15) is 5.11 Å². The monoisotopic (exact) mass is 182 g/mol. The van der Waals surface area contributed by atoms with Crippen molar-refractivity contribution >= 4 is 0 Å². The lowest BCUT2D eigenvalue weighted by Gasteiger charge is -2.39. The lowest BCUT2D eigenvalue weighted by Crippen LogP contribution is -2.35. The molecule has 0 radical (unpaired) electrons. The van der Waals surface area contributed by atoms with Crippen LogP contribution in [0.2, 0.25) is 0 Å². The normalized spacial score (nSPS) is 35.8.